The highest BCUT2D eigenvalue weighted by molar-refractivity contribution is 8.00. The van der Waals surface area contributed by atoms with E-state index in [0.717, 1.165) is 36.4 Å². The summed E-state index contributed by atoms with van der Waals surface area (Å²) in [5.74, 6) is -0.0941. The Morgan fingerprint density at radius 2 is 1.75 bits per heavy atom. The van der Waals surface area contributed by atoms with Crippen molar-refractivity contribution < 1.29 is 9.53 Å². The zero-order valence-corrected chi connectivity index (χ0v) is 24.0. The topological polar surface area (TPSA) is 76.5 Å². The van der Waals surface area contributed by atoms with Gasteiger partial charge in [0.1, 0.15) is 0 Å². The smallest absolute Gasteiger partial charge is 0.262 e. The average Bonchev–Trinajstić information content (AvgIpc) is 3.00. The van der Waals surface area contributed by atoms with Crippen molar-refractivity contribution in [2.45, 2.75) is 50.1 Å². The van der Waals surface area contributed by atoms with Crippen LogP contribution < -0.4 is 15.8 Å². The van der Waals surface area contributed by atoms with Crippen molar-refractivity contribution in [3.8, 4) is 0 Å². The number of fused-ring (bicyclic) bond motifs is 1. The van der Waals surface area contributed by atoms with Crippen LogP contribution in [0.2, 0.25) is 0 Å². The van der Waals surface area contributed by atoms with Crippen LogP contribution in [0.3, 0.4) is 0 Å². The third-order valence-electron chi connectivity index (χ3n) is 7.29. The predicted octanol–water partition coefficient (Wildman–Crippen LogP) is 5.55. The SMILES string of the molecule is CCc1ccc(NC(=O)[C@@H](CC)Sc2nc3ccc(N4CCOCC4)cc3c(=O)n2CCc2ccccc2)cc1. The van der Waals surface area contributed by atoms with Crippen LogP contribution in [0.15, 0.2) is 82.7 Å². The van der Waals surface area contributed by atoms with Gasteiger partial charge in [0, 0.05) is 31.0 Å². The molecule has 7 nitrogen and oxygen atoms in total. The van der Waals surface area contributed by atoms with Gasteiger partial charge in [-0.2, -0.15) is 0 Å². The van der Waals surface area contributed by atoms with Crippen LogP contribution in [0.1, 0.15) is 31.4 Å². The number of aromatic nitrogens is 2. The molecule has 1 saturated heterocycles. The molecule has 1 aliphatic rings. The van der Waals surface area contributed by atoms with Crippen molar-refractivity contribution in [3.63, 3.8) is 0 Å². The summed E-state index contributed by atoms with van der Waals surface area (Å²) in [4.78, 5) is 34.4. The maximum atomic E-state index is 14.0. The molecule has 5 rings (SSSR count). The third kappa shape index (κ3) is 6.57. The van der Waals surface area contributed by atoms with Gasteiger partial charge in [-0.25, -0.2) is 4.98 Å². The van der Waals surface area contributed by atoms with Crippen LogP contribution in [0, 0.1) is 0 Å². The van der Waals surface area contributed by atoms with Crippen molar-refractivity contribution in [3.05, 3.63) is 94.3 Å². The first-order valence-electron chi connectivity index (χ1n) is 14.0. The molecule has 0 spiro atoms. The Hall–Kier alpha value is -3.62. The van der Waals surface area contributed by atoms with Crippen LogP contribution in [-0.4, -0.2) is 47.0 Å². The molecule has 40 heavy (non-hydrogen) atoms. The van der Waals surface area contributed by atoms with Crippen molar-refractivity contribution >= 4 is 39.9 Å². The van der Waals surface area contributed by atoms with Gasteiger partial charge < -0.3 is 15.0 Å². The Morgan fingerprint density at radius 1 is 1.00 bits per heavy atom. The lowest BCUT2D eigenvalue weighted by atomic mass is 10.1. The van der Waals surface area contributed by atoms with E-state index in [4.69, 9.17) is 9.72 Å². The summed E-state index contributed by atoms with van der Waals surface area (Å²) in [6, 6.07) is 23.9. The lowest BCUT2D eigenvalue weighted by Gasteiger charge is -2.29. The molecule has 8 heteroatoms. The predicted molar refractivity (Wildman–Crippen MR) is 164 cm³/mol. The highest BCUT2D eigenvalue weighted by Gasteiger charge is 2.23. The molecular weight excluding hydrogens is 520 g/mol. The highest BCUT2D eigenvalue weighted by Crippen LogP contribution is 2.28. The molecule has 1 amide bonds. The molecule has 1 aromatic heterocycles. The monoisotopic (exact) mass is 556 g/mol. The van der Waals surface area contributed by atoms with Gasteiger partial charge in [0.15, 0.2) is 5.16 Å². The number of rotatable bonds is 10. The van der Waals surface area contributed by atoms with Gasteiger partial charge in [0.25, 0.3) is 5.56 Å². The minimum absolute atomic E-state index is 0.0797. The number of nitrogens with zero attached hydrogens (tertiary/aromatic N) is 3. The van der Waals surface area contributed by atoms with Crippen molar-refractivity contribution in [1.29, 1.82) is 0 Å². The Bertz CT molecular complexity index is 1500. The number of morpholine rings is 1. The number of hydrogen-bond donors (Lipinski definition) is 1. The summed E-state index contributed by atoms with van der Waals surface area (Å²) in [6.45, 7) is 7.51. The number of thioether (sulfide) groups is 1. The van der Waals surface area contributed by atoms with Gasteiger partial charge >= 0.3 is 0 Å². The standard InChI is InChI=1S/C32H36N4O3S/c1-3-23-10-12-25(13-11-23)33-30(37)29(4-2)40-32-34-28-15-14-26(35-18-20-39-21-19-35)22-27(28)31(38)36(32)17-16-24-8-6-5-7-9-24/h5-15,22,29H,3-4,16-21H2,1-2H3,(H,33,37)/t29-/m1/s1. The zero-order valence-electron chi connectivity index (χ0n) is 23.1. The molecular formula is C32H36N4O3S. The first kappa shape index (κ1) is 27.9. The third-order valence-corrected chi connectivity index (χ3v) is 8.64. The summed E-state index contributed by atoms with van der Waals surface area (Å²) in [6.07, 6.45) is 2.24. The van der Waals surface area contributed by atoms with Gasteiger partial charge in [-0.05, 0) is 60.7 Å². The number of carbonyl (C=O) groups excluding carboxylic acids is 1. The molecule has 1 N–H and O–H groups in total. The van der Waals surface area contributed by atoms with E-state index in [1.165, 1.54) is 17.3 Å². The Balaban J connectivity index is 1.46. The number of amides is 1. The summed E-state index contributed by atoms with van der Waals surface area (Å²) in [5.41, 5.74) is 4.70. The van der Waals surface area contributed by atoms with Crippen molar-refractivity contribution in [2.24, 2.45) is 0 Å². The van der Waals surface area contributed by atoms with Gasteiger partial charge in [0.05, 0.1) is 29.4 Å². The minimum atomic E-state index is -0.397. The fraction of sp³-hybridized carbons (Fsp3) is 0.344. The van der Waals surface area contributed by atoms with Crippen molar-refractivity contribution in [1.82, 2.24) is 9.55 Å². The van der Waals surface area contributed by atoms with Gasteiger partial charge in [-0.1, -0.05) is 68.1 Å². The summed E-state index contributed by atoms with van der Waals surface area (Å²) in [5, 5.41) is 3.81. The van der Waals surface area contributed by atoms with Crippen LogP contribution in [-0.2, 0) is 28.9 Å². The molecule has 1 fully saturated rings. The minimum Gasteiger partial charge on any atom is -0.378 e. The molecule has 1 aliphatic heterocycles. The molecule has 1 atom stereocenters. The van der Waals surface area contributed by atoms with E-state index < -0.39 is 5.25 Å². The molecule has 0 aliphatic carbocycles. The fourth-order valence-corrected chi connectivity index (χ4v) is 5.92. The molecule has 0 bridgehead atoms. The average molecular weight is 557 g/mol. The number of nitrogens with one attached hydrogen (secondary N) is 1. The molecule has 0 saturated carbocycles. The maximum Gasteiger partial charge on any atom is 0.262 e. The van der Waals surface area contributed by atoms with E-state index in [2.05, 4.69) is 29.3 Å². The van der Waals surface area contributed by atoms with Crippen molar-refractivity contribution in [2.75, 3.05) is 36.5 Å². The van der Waals surface area contributed by atoms with Crippen LogP contribution in [0.4, 0.5) is 11.4 Å². The number of aryl methyl sites for hydroxylation is 2. The fourth-order valence-electron chi connectivity index (χ4n) is 4.88. The van der Waals surface area contributed by atoms with Gasteiger partial charge in [-0.3, -0.25) is 14.2 Å². The van der Waals surface area contributed by atoms with E-state index in [0.29, 0.717) is 48.7 Å². The largest absolute Gasteiger partial charge is 0.378 e. The second-order valence-electron chi connectivity index (χ2n) is 9.94. The Labute approximate surface area is 239 Å². The lowest BCUT2D eigenvalue weighted by Crippen LogP contribution is -2.36. The molecule has 0 unspecified atom stereocenters. The number of anilines is 2. The molecule has 0 radical (unpaired) electrons. The first-order valence-corrected chi connectivity index (χ1v) is 14.9. The quantitative estimate of drug-likeness (QED) is 0.204. The number of hydrogen-bond acceptors (Lipinski definition) is 6. The van der Waals surface area contributed by atoms with Crippen LogP contribution in [0.5, 0.6) is 0 Å². The second kappa shape index (κ2) is 13.2. The van der Waals surface area contributed by atoms with E-state index in [1.807, 2.05) is 67.6 Å². The van der Waals surface area contributed by atoms with E-state index in [1.54, 1.807) is 4.57 Å². The zero-order chi connectivity index (χ0) is 27.9. The number of ether oxygens (including phenoxy) is 1. The Kier molecular flexibility index (Phi) is 9.19. The lowest BCUT2D eigenvalue weighted by molar-refractivity contribution is -0.115. The summed E-state index contributed by atoms with van der Waals surface area (Å²) in [7, 11) is 0. The number of carbonyl (C=O) groups is 1. The second-order valence-corrected chi connectivity index (χ2v) is 11.1. The molecule has 3 aromatic carbocycles. The highest BCUT2D eigenvalue weighted by atomic mass is 32.2. The first-order chi connectivity index (χ1) is 19.6. The van der Waals surface area contributed by atoms with E-state index in [-0.39, 0.29) is 11.5 Å². The summed E-state index contributed by atoms with van der Waals surface area (Å²) >= 11 is 1.36. The Morgan fingerprint density at radius 3 is 2.45 bits per heavy atom. The molecule has 4 aromatic rings. The van der Waals surface area contributed by atoms with E-state index in [9.17, 15) is 9.59 Å². The van der Waals surface area contributed by atoms with E-state index >= 15 is 0 Å². The van der Waals surface area contributed by atoms with Gasteiger partial charge in [-0.15, -0.1) is 0 Å². The number of benzene rings is 3. The molecule has 2 heterocycles. The normalized spacial score (nSPS) is 14.3. The molecule has 208 valence electrons. The maximum absolute atomic E-state index is 14.0. The summed E-state index contributed by atoms with van der Waals surface area (Å²) < 4.78 is 7.25. The van der Waals surface area contributed by atoms with Gasteiger partial charge in [0.2, 0.25) is 5.91 Å². The van der Waals surface area contributed by atoms with Crippen LogP contribution in [0.25, 0.3) is 10.9 Å². The van der Waals surface area contributed by atoms with Crippen LogP contribution >= 0.6 is 11.8 Å².